The van der Waals surface area contributed by atoms with Crippen LogP contribution < -0.4 is 10.2 Å². The summed E-state index contributed by atoms with van der Waals surface area (Å²) in [4.78, 5) is 27.6. The fraction of sp³-hybridized carbons (Fsp3) is 0.957. The molecule has 0 aliphatic carbocycles. The van der Waals surface area contributed by atoms with E-state index in [0.29, 0.717) is 0 Å². The minimum Gasteiger partial charge on any atom is -0.548 e. The second-order valence-corrected chi connectivity index (χ2v) is 15.8. The molecule has 0 N–H and O–H groups in total. The number of carbonyl (C=O) groups excluding carboxylic acids is 2. The smallest absolute Gasteiger partial charge is 0.548 e. The number of aliphatic carboxylic acids is 2. The zero-order valence-corrected chi connectivity index (χ0v) is 39.1. The summed E-state index contributed by atoms with van der Waals surface area (Å²) in [6.45, 7) is 16.8. The van der Waals surface area contributed by atoms with E-state index in [9.17, 15) is 19.8 Å². The molecule has 0 fully saturated rings. The molecule has 0 aromatic heterocycles. The van der Waals surface area contributed by atoms with Crippen molar-refractivity contribution < 1.29 is 19.8 Å². The number of carboxylic acid groups (broad SMARTS) is 2. The number of carbonyl (C=O) groups is 2. The maximum atomic E-state index is 11.6. The van der Waals surface area contributed by atoms with Gasteiger partial charge in [-0.05, 0) is 64.7 Å². The third-order valence-corrected chi connectivity index (χ3v) is 10.7. The van der Waals surface area contributed by atoms with Crippen molar-refractivity contribution in [3.05, 3.63) is 0 Å². The van der Waals surface area contributed by atoms with Crippen molar-refractivity contribution >= 4 is 49.7 Å². The van der Waals surface area contributed by atoms with Crippen molar-refractivity contribution in [3.8, 4) is 0 Å². The fourth-order valence-corrected chi connectivity index (χ4v) is 7.38. The summed E-state index contributed by atoms with van der Waals surface area (Å²) in [5.74, 6) is -1.75. The van der Waals surface area contributed by atoms with Gasteiger partial charge in [0, 0.05) is 12.1 Å². The first-order valence-electron chi connectivity index (χ1n) is 23.2. The molecule has 0 aliphatic heterocycles. The summed E-state index contributed by atoms with van der Waals surface area (Å²) >= 11 is 0. The minimum atomic E-state index is -0.877. The first-order valence-corrected chi connectivity index (χ1v) is 23.2. The Labute approximate surface area is 362 Å². The minimum absolute atomic E-state index is 0. The molecule has 0 aliphatic rings. The number of rotatable bonds is 40. The molecule has 7 heteroatoms. The van der Waals surface area contributed by atoms with Gasteiger partial charge in [0.15, 0.2) is 0 Å². The Morgan fingerprint density at radius 1 is 0.340 bits per heavy atom. The van der Waals surface area contributed by atoms with Crippen LogP contribution in [-0.2, 0) is 9.59 Å². The molecule has 2 atom stereocenters. The van der Waals surface area contributed by atoms with Crippen LogP contribution in [0.1, 0.15) is 247 Å². The van der Waals surface area contributed by atoms with Gasteiger partial charge >= 0.3 is 37.7 Å². The number of unbranched alkanes of at least 4 members (excludes halogenated alkanes) is 24. The van der Waals surface area contributed by atoms with Gasteiger partial charge in [-0.3, -0.25) is 9.80 Å². The number of carboxylic acids is 2. The summed E-state index contributed by atoms with van der Waals surface area (Å²) in [6.07, 6.45) is 39.0. The molecule has 0 saturated carbocycles. The van der Waals surface area contributed by atoms with Crippen LogP contribution in [0.4, 0.5) is 0 Å². The van der Waals surface area contributed by atoms with Crippen molar-refractivity contribution in [2.24, 2.45) is 0 Å². The molecule has 312 valence electrons. The molecule has 0 amide bonds. The van der Waals surface area contributed by atoms with Crippen LogP contribution in [0.25, 0.3) is 0 Å². The van der Waals surface area contributed by atoms with E-state index < -0.39 is 11.9 Å². The Morgan fingerprint density at radius 3 is 0.698 bits per heavy atom. The van der Waals surface area contributed by atoms with Crippen LogP contribution >= 0.6 is 0 Å². The van der Waals surface area contributed by atoms with Crippen LogP contribution in [0.2, 0.25) is 0 Å². The third-order valence-electron chi connectivity index (χ3n) is 10.7. The molecule has 0 heterocycles. The van der Waals surface area contributed by atoms with Gasteiger partial charge in [0.25, 0.3) is 0 Å². The summed E-state index contributed by atoms with van der Waals surface area (Å²) in [7, 11) is 0. The van der Waals surface area contributed by atoms with Crippen molar-refractivity contribution in [3.63, 3.8) is 0 Å². The van der Waals surface area contributed by atoms with Gasteiger partial charge in [-0.25, -0.2) is 0 Å². The molecule has 6 nitrogen and oxygen atoms in total. The zero-order chi connectivity index (χ0) is 38.9. The number of nitrogens with zero attached hydrogens (tertiary/aromatic N) is 2. The van der Waals surface area contributed by atoms with E-state index in [-0.39, 0.29) is 49.8 Å². The van der Waals surface area contributed by atoms with E-state index in [1.807, 2.05) is 0 Å². The summed E-state index contributed by atoms with van der Waals surface area (Å²) in [6, 6.07) is -0.777. The molecule has 0 saturated heterocycles. The quantitative estimate of drug-likeness (QED) is 0.0455. The monoisotopic (exact) mass is 777 g/mol. The van der Waals surface area contributed by atoms with Crippen LogP contribution in [0.3, 0.4) is 0 Å². The van der Waals surface area contributed by atoms with Gasteiger partial charge in [-0.15, -0.1) is 0 Å². The summed E-state index contributed by atoms with van der Waals surface area (Å²) in [5, 5.41) is 23.2. The Bertz CT molecular complexity index is 644. The van der Waals surface area contributed by atoms with Crippen LogP contribution in [0, 0.1) is 0 Å². The molecule has 0 rings (SSSR count). The van der Waals surface area contributed by atoms with Crippen LogP contribution in [-0.4, -0.2) is 97.7 Å². The maximum absolute atomic E-state index is 11.6. The molecule has 0 radical (unpaired) electrons. The van der Waals surface area contributed by atoms with E-state index >= 15 is 0 Å². The first-order chi connectivity index (χ1) is 25.3. The van der Waals surface area contributed by atoms with Gasteiger partial charge in [0.05, 0.1) is 11.9 Å². The topological polar surface area (TPSA) is 86.7 Å². The molecule has 2 unspecified atom stereocenters. The maximum Gasteiger partial charge on any atom is 2.00 e. The number of hydrogen-bond acceptors (Lipinski definition) is 6. The largest absolute Gasteiger partial charge is 2.00 e. The molecule has 53 heavy (non-hydrogen) atoms. The fourth-order valence-electron chi connectivity index (χ4n) is 7.38. The molecule has 0 spiro atoms. The van der Waals surface area contributed by atoms with E-state index in [0.717, 1.165) is 77.5 Å². The molecular weight excluding hydrogens is 685 g/mol. The molecule has 0 bridgehead atoms. The van der Waals surface area contributed by atoms with Crippen molar-refractivity contribution in [2.75, 3.05) is 26.2 Å². The Morgan fingerprint density at radius 2 is 0.528 bits per heavy atom. The predicted octanol–water partition coefficient (Wildman–Crippen LogP) is 11.0. The van der Waals surface area contributed by atoms with Crippen LogP contribution in [0.5, 0.6) is 0 Å². The third kappa shape index (κ3) is 38.8. The van der Waals surface area contributed by atoms with Gasteiger partial charge in [0.2, 0.25) is 0 Å². The summed E-state index contributed by atoms with van der Waals surface area (Å²) in [5.41, 5.74) is 0. The average molecular weight is 777 g/mol. The van der Waals surface area contributed by atoms with Gasteiger partial charge in [-0.2, -0.15) is 0 Å². The Kier molecular flexibility index (Phi) is 50.4. The van der Waals surface area contributed by atoms with Gasteiger partial charge in [0.1, 0.15) is 0 Å². The SMILES string of the molecule is CCCCCCCCCN(CCCCCCCCC)C(CCC)C(=O)[O-].CCCCCCCCCN(CCCCCCCCC)C(CCC)C(=O)[O-].[Ca+2]. The second-order valence-electron chi connectivity index (χ2n) is 15.8. The predicted molar refractivity (Wildman–Crippen MR) is 228 cm³/mol. The first kappa shape index (κ1) is 57.4. The summed E-state index contributed by atoms with van der Waals surface area (Å²) < 4.78 is 0. The number of hydrogen-bond donors (Lipinski definition) is 0. The normalized spacial score (nSPS) is 12.4. The van der Waals surface area contributed by atoms with E-state index in [1.165, 1.54) is 154 Å². The zero-order valence-electron chi connectivity index (χ0n) is 36.8. The standard InChI is InChI=1S/2C23H47NO2.Ca/c2*1-4-7-9-11-13-15-17-20-24(22(19-6-3)23(25)26)21-18-16-14-12-10-8-5-2;/h2*22H,4-21H2,1-3H3,(H,25,26);/q;;+2/p-2. The molecular formula is C46H92CaN2O4. The van der Waals surface area contributed by atoms with Crippen molar-refractivity contribution in [2.45, 2.75) is 259 Å². The van der Waals surface area contributed by atoms with Crippen LogP contribution in [0.15, 0.2) is 0 Å². The van der Waals surface area contributed by atoms with Crippen molar-refractivity contribution in [1.82, 2.24) is 9.80 Å². The van der Waals surface area contributed by atoms with E-state index in [1.54, 1.807) is 0 Å². The Balaban J connectivity index is -0.000000926. The molecule has 0 aromatic rings. The second kappa shape index (κ2) is 46.5. The Hall–Kier alpha value is 0.120. The van der Waals surface area contributed by atoms with Gasteiger partial charge < -0.3 is 19.8 Å². The molecule has 0 aromatic carbocycles. The van der Waals surface area contributed by atoms with E-state index in [2.05, 4.69) is 51.3 Å². The van der Waals surface area contributed by atoms with Crippen molar-refractivity contribution in [1.29, 1.82) is 0 Å². The van der Waals surface area contributed by atoms with Gasteiger partial charge in [-0.1, -0.05) is 208 Å². The van der Waals surface area contributed by atoms with E-state index in [4.69, 9.17) is 0 Å². The average Bonchev–Trinajstić information content (AvgIpc) is 3.13.